The van der Waals surface area contributed by atoms with Crippen LogP contribution in [0, 0.1) is 6.92 Å². The highest BCUT2D eigenvalue weighted by atomic mass is 16.5. The van der Waals surface area contributed by atoms with Gasteiger partial charge in [-0.15, -0.1) is 0 Å². The number of ketones is 1. The van der Waals surface area contributed by atoms with Gasteiger partial charge in [-0.05, 0) is 73.0 Å². The Hall–Kier alpha value is -4.59. The molecule has 3 aromatic rings. The van der Waals surface area contributed by atoms with E-state index in [0.29, 0.717) is 40.4 Å². The van der Waals surface area contributed by atoms with Gasteiger partial charge in [0.1, 0.15) is 17.3 Å². The number of carbonyl (C=O) groups excluding carboxylic acids is 3. The molecule has 8 heteroatoms. The second-order valence-electron chi connectivity index (χ2n) is 8.80. The Morgan fingerprint density at radius 2 is 1.61 bits per heavy atom. The summed E-state index contributed by atoms with van der Waals surface area (Å²) in [6.45, 7) is 4.31. The fourth-order valence-electron chi connectivity index (χ4n) is 4.51. The van der Waals surface area contributed by atoms with Crippen LogP contribution < -0.4 is 9.47 Å². The third kappa shape index (κ3) is 5.11. The number of Topliss-reactive ketones (excluding diaryl/α,β-unsaturated/α-hetero) is 1. The maximum Gasteiger partial charge on any atom is 0.337 e. The van der Waals surface area contributed by atoms with Crippen LogP contribution in [-0.2, 0) is 20.9 Å². The molecule has 1 unspecified atom stereocenters. The molecule has 1 atom stereocenters. The first-order valence-electron chi connectivity index (χ1n) is 12.1. The van der Waals surface area contributed by atoms with Crippen LogP contribution in [0.15, 0.2) is 72.3 Å². The van der Waals surface area contributed by atoms with Crippen LogP contribution in [0.3, 0.4) is 0 Å². The van der Waals surface area contributed by atoms with Crippen molar-refractivity contribution in [2.75, 3.05) is 20.8 Å². The number of likely N-dealkylation sites (tertiary alicyclic amines) is 1. The summed E-state index contributed by atoms with van der Waals surface area (Å²) in [6.07, 6.45) is 0. The molecule has 8 nitrogen and oxygen atoms in total. The fourth-order valence-corrected chi connectivity index (χ4v) is 4.51. The summed E-state index contributed by atoms with van der Waals surface area (Å²) in [7, 11) is 2.85. The van der Waals surface area contributed by atoms with E-state index < -0.39 is 23.7 Å². The molecule has 1 fully saturated rings. The first-order valence-corrected chi connectivity index (χ1v) is 12.1. The Labute approximate surface area is 221 Å². The molecule has 1 heterocycles. The Bertz CT molecular complexity index is 1390. The summed E-state index contributed by atoms with van der Waals surface area (Å²) in [6, 6.07) is 17.9. The van der Waals surface area contributed by atoms with E-state index in [2.05, 4.69) is 0 Å². The summed E-state index contributed by atoms with van der Waals surface area (Å²) in [4.78, 5) is 39.9. The molecule has 1 N–H and O–H groups in total. The predicted molar refractivity (Wildman–Crippen MR) is 141 cm³/mol. The summed E-state index contributed by atoms with van der Waals surface area (Å²) in [5.74, 6) is -0.953. The Morgan fingerprint density at radius 1 is 0.947 bits per heavy atom. The van der Waals surface area contributed by atoms with Gasteiger partial charge in [-0.2, -0.15) is 0 Å². The number of carbonyl (C=O) groups is 3. The topological polar surface area (TPSA) is 102 Å². The molecule has 1 amide bonds. The van der Waals surface area contributed by atoms with E-state index in [4.69, 9.17) is 14.2 Å². The number of esters is 1. The Kier molecular flexibility index (Phi) is 7.81. The Balaban J connectivity index is 1.79. The number of amides is 1. The lowest BCUT2D eigenvalue weighted by atomic mass is 9.94. The van der Waals surface area contributed by atoms with Gasteiger partial charge in [0.15, 0.2) is 0 Å². The minimum Gasteiger partial charge on any atom is -0.507 e. The lowest BCUT2D eigenvalue weighted by Crippen LogP contribution is -2.29. The van der Waals surface area contributed by atoms with E-state index in [1.165, 1.54) is 12.0 Å². The molecule has 4 rings (SSSR count). The largest absolute Gasteiger partial charge is 0.507 e. The van der Waals surface area contributed by atoms with Crippen LogP contribution >= 0.6 is 0 Å². The van der Waals surface area contributed by atoms with Crippen molar-refractivity contribution in [3.63, 3.8) is 0 Å². The maximum atomic E-state index is 13.3. The van der Waals surface area contributed by atoms with Crippen molar-refractivity contribution in [2.45, 2.75) is 26.4 Å². The van der Waals surface area contributed by atoms with Gasteiger partial charge in [-0.3, -0.25) is 9.59 Å². The smallest absolute Gasteiger partial charge is 0.337 e. The number of nitrogens with zero attached hydrogens (tertiary/aromatic N) is 1. The highest BCUT2D eigenvalue weighted by molar-refractivity contribution is 6.46. The average molecular weight is 516 g/mol. The first-order chi connectivity index (χ1) is 18.3. The number of hydrogen-bond acceptors (Lipinski definition) is 7. The van der Waals surface area contributed by atoms with Crippen LogP contribution in [0.2, 0.25) is 0 Å². The zero-order chi connectivity index (χ0) is 27.4. The van der Waals surface area contributed by atoms with Gasteiger partial charge < -0.3 is 24.2 Å². The molecule has 196 valence electrons. The van der Waals surface area contributed by atoms with Crippen LogP contribution in [0.1, 0.15) is 45.6 Å². The average Bonchev–Trinajstić information content (AvgIpc) is 3.18. The van der Waals surface area contributed by atoms with Crippen molar-refractivity contribution in [1.29, 1.82) is 0 Å². The van der Waals surface area contributed by atoms with Gasteiger partial charge in [0.25, 0.3) is 11.7 Å². The number of aliphatic hydroxyl groups excluding tert-OH is 1. The molecule has 0 saturated carbocycles. The van der Waals surface area contributed by atoms with Crippen LogP contribution in [0.25, 0.3) is 5.76 Å². The molecule has 0 aliphatic carbocycles. The molecular weight excluding hydrogens is 486 g/mol. The lowest BCUT2D eigenvalue weighted by molar-refractivity contribution is -0.140. The quantitative estimate of drug-likeness (QED) is 0.199. The number of rotatable bonds is 8. The number of benzene rings is 3. The normalized spacial score (nSPS) is 16.4. The highest BCUT2D eigenvalue weighted by Gasteiger charge is 2.46. The number of methoxy groups -OCH3 is 2. The van der Waals surface area contributed by atoms with Gasteiger partial charge in [-0.25, -0.2) is 4.79 Å². The molecule has 0 spiro atoms. The summed E-state index contributed by atoms with van der Waals surface area (Å²) in [5.41, 5.74) is 2.91. The molecule has 38 heavy (non-hydrogen) atoms. The summed E-state index contributed by atoms with van der Waals surface area (Å²) < 4.78 is 15.6. The van der Waals surface area contributed by atoms with Crippen molar-refractivity contribution >= 4 is 23.4 Å². The van der Waals surface area contributed by atoms with Gasteiger partial charge in [0.2, 0.25) is 0 Å². The van der Waals surface area contributed by atoms with Crippen LogP contribution in [0.4, 0.5) is 0 Å². The number of aliphatic hydroxyl groups is 1. The van der Waals surface area contributed by atoms with Gasteiger partial charge in [0, 0.05) is 12.1 Å². The summed E-state index contributed by atoms with van der Waals surface area (Å²) in [5, 5.41) is 11.4. The van der Waals surface area contributed by atoms with Crippen LogP contribution in [-0.4, -0.2) is 48.5 Å². The lowest BCUT2D eigenvalue weighted by Gasteiger charge is -2.25. The van der Waals surface area contributed by atoms with E-state index in [0.717, 1.165) is 5.56 Å². The zero-order valence-electron chi connectivity index (χ0n) is 21.7. The molecular formula is C30H29NO7. The maximum absolute atomic E-state index is 13.3. The third-order valence-corrected chi connectivity index (χ3v) is 6.45. The third-order valence-electron chi connectivity index (χ3n) is 6.45. The second kappa shape index (κ2) is 11.2. The van der Waals surface area contributed by atoms with Gasteiger partial charge in [0.05, 0.1) is 38.0 Å². The van der Waals surface area contributed by atoms with E-state index in [-0.39, 0.29) is 17.9 Å². The van der Waals surface area contributed by atoms with Gasteiger partial charge in [-0.1, -0.05) is 24.3 Å². The molecule has 0 radical (unpaired) electrons. The number of aryl methyl sites for hydroxylation is 1. The van der Waals surface area contributed by atoms with Gasteiger partial charge >= 0.3 is 5.97 Å². The molecule has 0 bridgehead atoms. The van der Waals surface area contributed by atoms with Crippen molar-refractivity contribution in [2.24, 2.45) is 0 Å². The van der Waals surface area contributed by atoms with Crippen molar-refractivity contribution in [3.8, 4) is 11.5 Å². The predicted octanol–water partition coefficient (Wildman–Crippen LogP) is 4.81. The monoisotopic (exact) mass is 515 g/mol. The minimum absolute atomic E-state index is 0.00472. The van der Waals surface area contributed by atoms with E-state index in [1.807, 2.05) is 13.8 Å². The minimum atomic E-state index is -0.840. The fraction of sp³-hybridized carbons (Fsp3) is 0.233. The summed E-state index contributed by atoms with van der Waals surface area (Å²) >= 11 is 0. The van der Waals surface area contributed by atoms with Crippen molar-refractivity contribution < 1.29 is 33.7 Å². The SMILES string of the molecule is CCOc1ccc(/C(O)=C2/C(=O)C(=O)N(Cc3ccc(C(=O)OC)cc3)C2c2ccc(OC)cc2)cc1C. The molecule has 1 saturated heterocycles. The molecule has 1 aliphatic heterocycles. The number of hydrogen-bond donors (Lipinski definition) is 1. The van der Waals surface area contributed by atoms with Crippen LogP contribution in [0.5, 0.6) is 11.5 Å². The van der Waals surface area contributed by atoms with Crippen molar-refractivity contribution in [1.82, 2.24) is 4.90 Å². The van der Waals surface area contributed by atoms with E-state index >= 15 is 0 Å². The zero-order valence-corrected chi connectivity index (χ0v) is 21.7. The Morgan fingerprint density at radius 3 is 2.18 bits per heavy atom. The standard InChI is InChI=1S/C30H29NO7/c1-5-38-24-15-12-22(16-18(24)2)27(32)25-26(20-10-13-23(36-3)14-11-20)31(29(34)28(25)33)17-19-6-8-21(9-7-19)30(35)37-4/h6-16,26,32H,5,17H2,1-4H3/b27-25-. The second-order valence-corrected chi connectivity index (χ2v) is 8.80. The highest BCUT2D eigenvalue weighted by Crippen LogP contribution is 2.41. The van der Waals surface area contributed by atoms with E-state index in [9.17, 15) is 19.5 Å². The van der Waals surface area contributed by atoms with Crippen molar-refractivity contribution in [3.05, 3.63) is 100 Å². The molecule has 3 aromatic carbocycles. The molecule has 1 aliphatic rings. The van der Waals surface area contributed by atoms with E-state index in [1.54, 1.807) is 73.8 Å². The molecule has 0 aromatic heterocycles. The first kappa shape index (κ1) is 26.5. The number of ether oxygens (including phenoxy) is 3.